The van der Waals surface area contributed by atoms with Crippen LogP contribution in [0.25, 0.3) is 0 Å². The van der Waals surface area contributed by atoms with E-state index in [0.717, 1.165) is 6.42 Å². The maximum atomic E-state index is 11.9. The molecule has 2 atom stereocenters. The zero-order valence-corrected chi connectivity index (χ0v) is 12.5. The van der Waals surface area contributed by atoms with E-state index in [1.165, 1.54) is 18.2 Å². The number of carboxylic acid groups (broad SMARTS) is 1. The Kier molecular flexibility index (Phi) is 5.82. The van der Waals surface area contributed by atoms with Crippen LogP contribution in [0, 0.1) is 5.92 Å². The van der Waals surface area contributed by atoms with Crippen LogP contribution in [0.15, 0.2) is 18.2 Å². The maximum Gasteiger partial charge on any atom is 0.337 e. The van der Waals surface area contributed by atoms with E-state index in [2.05, 4.69) is 10.6 Å². The summed E-state index contributed by atoms with van der Waals surface area (Å²) in [5.41, 5.74) is 0.180. The molecular weight excluding hydrogens is 280 g/mol. The van der Waals surface area contributed by atoms with Gasteiger partial charge in [-0.2, -0.15) is 0 Å². The van der Waals surface area contributed by atoms with Gasteiger partial charge in [0, 0.05) is 11.1 Å². The first-order valence-electron chi connectivity index (χ1n) is 6.45. The first-order valence-corrected chi connectivity index (χ1v) is 6.83. The highest BCUT2D eigenvalue weighted by Gasteiger charge is 2.16. The van der Waals surface area contributed by atoms with Crippen LogP contribution in [0.1, 0.15) is 37.6 Å². The molecule has 2 unspecified atom stereocenters. The van der Waals surface area contributed by atoms with Gasteiger partial charge >= 0.3 is 12.0 Å². The Morgan fingerprint density at radius 1 is 1.35 bits per heavy atom. The molecule has 1 rings (SSSR count). The zero-order chi connectivity index (χ0) is 15.3. The molecule has 0 aliphatic heterocycles. The van der Waals surface area contributed by atoms with Crippen LogP contribution in [0.5, 0.6) is 0 Å². The third kappa shape index (κ3) is 4.42. The van der Waals surface area contributed by atoms with Crippen LogP contribution >= 0.6 is 11.6 Å². The summed E-state index contributed by atoms with van der Waals surface area (Å²) in [6.07, 6.45) is 0.947. The highest BCUT2D eigenvalue weighted by Crippen LogP contribution is 2.20. The SMILES string of the molecule is CCC(C)C(C)NC(=O)Nc1ccc(Cl)cc1C(=O)O. The minimum atomic E-state index is -1.14. The Balaban J connectivity index is 2.78. The van der Waals surface area contributed by atoms with E-state index in [1.807, 2.05) is 20.8 Å². The van der Waals surface area contributed by atoms with Crippen molar-refractivity contribution in [3.63, 3.8) is 0 Å². The number of nitrogens with one attached hydrogen (secondary N) is 2. The Labute approximate surface area is 123 Å². The lowest BCUT2D eigenvalue weighted by Crippen LogP contribution is -2.39. The van der Waals surface area contributed by atoms with E-state index in [-0.39, 0.29) is 17.3 Å². The second kappa shape index (κ2) is 7.14. The number of benzene rings is 1. The lowest BCUT2D eigenvalue weighted by Gasteiger charge is -2.20. The van der Waals surface area contributed by atoms with Crippen molar-refractivity contribution in [1.82, 2.24) is 5.32 Å². The molecule has 0 heterocycles. The molecule has 0 bridgehead atoms. The van der Waals surface area contributed by atoms with Crippen molar-refractivity contribution < 1.29 is 14.7 Å². The smallest absolute Gasteiger partial charge is 0.337 e. The van der Waals surface area contributed by atoms with Crippen LogP contribution < -0.4 is 10.6 Å². The highest BCUT2D eigenvalue weighted by atomic mass is 35.5. The van der Waals surface area contributed by atoms with Crippen LogP contribution in [0.2, 0.25) is 5.02 Å². The van der Waals surface area contributed by atoms with E-state index in [4.69, 9.17) is 16.7 Å². The van der Waals surface area contributed by atoms with Gasteiger partial charge in [0.2, 0.25) is 0 Å². The van der Waals surface area contributed by atoms with Gasteiger partial charge in [-0.1, -0.05) is 31.9 Å². The van der Waals surface area contributed by atoms with Gasteiger partial charge in [-0.25, -0.2) is 9.59 Å². The van der Waals surface area contributed by atoms with Crippen LogP contribution in [0.4, 0.5) is 10.5 Å². The first kappa shape index (κ1) is 16.3. The zero-order valence-electron chi connectivity index (χ0n) is 11.7. The van der Waals surface area contributed by atoms with Crippen molar-refractivity contribution in [2.24, 2.45) is 5.92 Å². The fourth-order valence-electron chi connectivity index (χ4n) is 1.66. The van der Waals surface area contributed by atoms with Crippen molar-refractivity contribution in [3.8, 4) is 0 Å². The standard InChI is InChI=1S/C14H19ClN2O3/c1-4-8(2)9(3)16-14(20)17-12-6-5-10(15)7-11(12)13(18)19/h5-9H,4H2,1-3H3,(H,18,19)(H2,16,17,20). The Morgan fingerprint density at radius 2 is 2.00 bits per heavy atom. The molecule has 6 heteroatoms. The summed E-state index contributed by atoms with van der Waals surface area (Å²) in [5, 5.41) is 14.7. The van der Waals surface area contributed by atoms with E-state index in [0.29, 0.717) is 10.9 Å². The quantitative estimate of drug-likeness (QED) is 0.777. The van der Waals surface area contributed by atoms with Gasteiger partial charge in [0.25, 0.3) is 0 Å². The molecule has 0 spiro atoms. The van der Waals surface area contributed by atoms with E-state index >= 15 is 0 Å². The van der Waals surface area contributed by atoms with E-state index < -0.39 is 12.0 Å². The normalized spacial score (nSPS) is 13.4. The molecule has 0 saturated carbocycles. The molecule has 1 aromatic carbocycles. The van der Waals surface area contributed by atoms with Crippen molar-refractivity contribution in [2.45, 2.75) is 33.2 Å². The van der Waals surface area contributed by atoms with E-state index in [9.17, 15) is 9.59 Å². The summed E-state index contributed by atoms with van der Waals surface area (Å²) in [4.78, 5) is 23.0. The molecule has 0 radical (unpaired) electrons. The van der Waals surface area contributed by atoms with Gasteiger partial charge in [-0.05, 0) is 31.0 Å². The number of carbonyl (C=O) groups is 2. The molecule has 0 aliphatic rings. The van der Waals surface area contributed by atoms with Crippen molar-refractivity contribution in [1.29, 1.82) is 0 Å². The number of urea groups is 1. The number of aromatic carboxylic acids is 1. The third-order valence-corrected chi connectivity index (χ3v) is 3.55. The number of carbonyl (C=O) groups excluding carboxylic acids is 1. The minimum Gasteiger partial charge on any atom is -0.478 e. The van der Waals surface area contributed by atoms with Gasteiger partial charge in [-0.3, -0.25) is 0 Å². The monoisotopic (exact) mass is 298 g/mol. The largest absolute Gasteiger partial charge is 0.478 e. The fraction of sp³-hybridized carbons (Fsp3) is 0.429. The van der Waals surface area contributed by atoms with Gasteiger partial charge in [0.1, 0.15) is 0 Å². The van der Waals surface area contributed by atoms with Crippen LogP contribution in [-0.2, 0) is 0 Å². The molecular formula is C14H19ClN2O3. The molecule has 20 heavy (non-hydrogen) atoms. The van der Waals surface area contributed by atoms with Gasteiger partial charge in [0.05, 0.1) is 11.3 Å². The number of anilines is 1. The summed E-state index contributed by atoms with van der Waals surface area (Å²) in [5.74, 6) is -0.803. The lowest BCUT2D eigenvalue weighted by atomic mass is 10.0. The topological polar surface area (TPSA) is 78.4 Å². The Bertz CT molecular complexity index is 505. The number of hydrogen-bond acceptors (Lipinski definition) is 2. The summed E-state index contributed by atoms with van der Waals surface area (Å²) >= 11 is 5.75. The lowest BCUT2D eigenvalue weighted by molar-refractivity contribution is 0.0698. The predicted octanol–water partition coefficient (Wildman–Crippen LogP) is 3.59. The average molecular weight is 299 g/mol. The van der Waals surface area contributed by atoms with Crippen molar-refractivity contribution in [3.05, 3.63) is 28.8 Å². The molecule has 110 valence electrons. The van der Waals surface area contributed by atoms with Gasteiger partial charge in [-0.15, -0.1) is 0 Å². The minimum absolute atomic E-state index is 0.000535. The number of carboxylic acids is 1. The fourth-order valence-corrected chi connectivity index (χ4v) is 1.84. The number of amides is 2. The van der Waals surface area contributed by atoms with Crippen molar-refractivity contribution >= 4 is 29.3 Å². The number of halogens is 1. The molecule has 1 aromatic rings. The molecule has 3 N–H and O–H groups in total. The third-order valence-electron chi connectivity index (χ3n) is 3.32. The molecule has 0 saturated heterocycles. The molecule has 2 amide bonds. The highest BCUT2D eigenvalue weighted by molar-refractivity contribution is 6.31. The van der Waals surface area contributed by atoms with E-state index in [1.54, 1.807) is 0 Å². The van der Waals surface area contributed by atoms with Crippen LogP contribution in [-0.4, -0.2) is 23.1 Å². The second-order valence-corrected chi connectivity index (χ2v) is 5.20. The Morgan fingerprint density at radius 3 is 2.55 bits per heavy atom. The average Bonchev–Trinajstić information content (AvgIpc) is 2.39. The summed E-state index contributed by atoms with van der Waals surface area (Å²) in [6.45, 7) is 5.99. The van der Waals surface area contributed by atoms with Crippen molar-refractivity contribution in [2.75, 3.05) is 5.32 Å². The van der Waals surface area contributed by atoms with Crippen LogP contribution in [0.3, 0.4) is 0 Å². The molecule has 0 fully saturated rings. The number of hydrogen-bond donors (Lipinski definition) is 3. The number of rotatable bonds is 5. The maximum absolute atomic E-state index is 11.9. The molecule has 5 nitrogen and oxygen atoms in total. The summed E-state index contributed by atoms with van der Waals surface area (Å²) in [7, 11) is 0. The summed E-state index contributed by atoms with van der Waals surface area (Å²) < 4.78 is 0. The first-order chi connectivity index (χ1) is 9.35. The van der Waals surface area contributed by atoms with Gasteiger partial charge in [0.15, 0.2) is 0 Å². The Hall–Kier alpha value is -1.75. The predicted molar refractivity (Wildman–Crippen MR) is 79.5 cm³/mol. The summed E-state index contributed by atoms with van der Waals surface area (Å²) in [6, 6.07) is 3.88. The second-order valence-electron chi connectivity index (χ2n) is 4.77. The van der Waals surface area contributed by atoms with Gasteiger partial charge < -0.3 is 15.7 Å². The molecule has 0 aliphatic carbocycles. The molecule has 0 aromatic heterocycles.